The van der Waals surface area contributed by atoms with Crippen molar-refractivity contribution in [2.75, 3.05) is 15.4 Å². The van der Waals surface area contributed by atoms with Crippen LogP contribution in [0, 0.1) is 20.8 Å². The van der Waals surface area contributed by atoms with Crippen LogP contribution in [0.4, 0.5) is 17.1 Å². The van der Waals surface area contributed by atoms with E-state index in [1.165, 1.54) is 31.2 Å². The first-order valence-corrected chi connectivity index (χ1v) is 11.4. The fourth-order valence-corrected chi connectivity index (χ4v) is 4.16. The number of amides is 2. The third-order valence-electron chi connectivity index (χ3n) is 4.99. The number of carbonyl (C=O) groups excluding carboxylic acids is 2. The SMILES string of the molecule is CC(=O)Nc1cc(NC(=O)c2ccc(NS(=O)(=O)c3ccc(C)c(C)c3)cc2)ccc1C. The van der Waals surface area contributed by atoms with Crippen LogP contribution in [0.2, 0.25) is 0 Å². The molecule has 3 aromatic rings. The van der Waals surface area contributed by atoms with Gasteiger partial charge in [-0.3, -0.25) is 14.3 Å². The van der Waals surface area contributed by atoms with Crippen molar-refractivity contribution in [2.45, 2.75) is 32.6 Å². The van der Waals surface area contributed by atoms with Crippen molar-refractivity contribution in [2.24, 2.45) is 0 Å². The molecule has 0 aliphatic rings. The van der Waals surface area contributed by atoms with Crippen molar-refractivity contribution in [1.29, 1.82) is 0 Å². The molecule has 3 N–H and O–H groups in total. The van der Waals surface area contributed by atoms with Crippen molar-refractivity contribution in [3.8, 4) is 0 Å². The van der Waals surface area contributed by atoms with Gasteiger partial charge in [0, 0.05) is 29.5 Å². The van der Waals surface area contributed by atoms with Gasteiger partial charge in [-0.2, -0.15) is 0 Å². The number of carbonyl (C=O) groups is 2. The van der Waals surface area contributed by atoms with E-state index in [9.17, 15) is 18.0 Å². The molecule has 8 heteroatoms. The largest absolute Gasteiger partial charge is 0.326 e. The van der Waals surface area contributed by atoms with Gasteiger partial charge in [-0.05, 0) is 86.0 Å². The maximum absolute atomic E-state index is 12.6. The molecule has 0 spiro atoms. The van der Waals surface area contributed by atoms with E-state index in [1.54, 1.807) is 36.4 Å². The van der Waals surface area contributed by atoms with E-state index in [0.717, 1.165) is 16.7 Å². The van der Waals surface area contributed by atoms with Crippen molar-refractivity contribution >= 4 is 38.9 Å². The predicted molar refractivity (Wildman–Crippen MR) is 127 cm³/mol. The number of sulfonamides is 1. The third-order valence-corrected chi connectivity index (χ3v) is 6.37. The summed E-state index contributed by atoms with van der Waals surface area (Å²) in [5.41, 5.74) is 4.63. The maximum Gasteiger partial charge on any atom is 0.261 e. The lowest BCUT2D eigenvalue weighted by Gasteiger charge is -2.12. The summed E-state index contributed by atoms with van der Waals surface area (Å²) in [5.74, 6) is -0.554. The van der Waals surface area contributed by atoms with E-state index in [2.05, 4.69) is 15.4 Å². The van der Waals surface area contributed by atoms with Crippen LogP contribution >= 0.6 is 0 Å². The second-order valence-corrected chi connectivity index (χ2v) is 9.28. The normalized spacial score (nSPS) is 11.0. The molecule has 7 nitrogen and oxygen atoms in total. The molecule has 0 aromatic heterocycles. The number of hydrogen-bond donors (Lipinski definition) is 3. The minimum atomic E-state index is -3.74. The van der Waals surface area contributed by atoms with Crippen molar-refractivity contribution < 1.29 is 18.0 Å². The van der Waals surface area contributed by atoms with E-state index < -0.39 is 10.0 Å². The average Bonchev–Trinajstić information content (AvgIpc) is 2.72. The van der Waals surface area contributed by atoms with Gasteiger partial charge in [-0.25, -0.2) is 8.42 Å². The molecule has 0 fully saturated rings. The topological polar surface area (TPSA) is 104 Å². The highest BCUT2D eigenvalue weighted by Crippen LogP contribution is 2.22. The van der Waals surface area contributed by atoms with Gasteiger partial charge in [-0.1, -0.05) is 12.1 Å². The maximum atomic E-state index is 12.6. The average molecular weight is 452 g/mol. The van der Waals surface area contributed by atoms with Crippen LogP contribution in [0.15, 0.2) is 65.6 Å². The summed E-state index contributed by atoms with van der Waals surface area (Å²) >= 11 is 0. The molecule has 0 heterocycles. The minimum Gasteiger partial charge on any atom is -0.326 e. The first-order valence-electron chi connectivity index (χ1n) is 9.95. The summed E-state index contributed by atoms with van der Waals surface area (Å²) in [4.78, 5) is 24.1. The van der Waals surface area contributed by atoms with Crippen LogP contribution in [-0.2, 0) is 14.8 Å². The number of rotatable bonds is 6. The number of hydrogen-bond acceptors (Lipinski definition) is 4. The van der Waals surface area contributed by atoms with Gasteiger partial charge in [0.1, 0.15) is 0 Å². The van der Waals surface area contributed by atoms with Gasteiger partial charge >= 0.3 is 0 Å². The first kappa shape index (κ1) is 23.0. The molecule has 0 aliphatic heterocycles. The van der Waals surface area contributed by atoms with Crippen LogP contribution in [0.5, 0.6) is 0 Å². The zero-order valence-corrected chi connectivity index (χ0v) is 19.1. The van der Waals surface area contributed by atoms with Crippen molar-refractivity contribution in [3.63, 3.8) is 0 Å². The molecule has 0 bridgehead atoms. The first-order chi connectivity index (χ1) is 15.0. The highest BCUT2D eigenvalue weighted by atomic mass is 32.2. The highest BCUT2D eigenvalue weighted by molar-refractivity contribution is 7.92. The molecule has 2 amide bonds. The molecule has 0 saturated carbocycles. The Morgan fingerprint density at radius 1 is 0.719 bits per heavy atom. The number of aryl methyl sites for hydroxylation is 3. The zero-order valence-electron chi connectivity index (χ0n) is 18.3. The van der Waals surface area contributed by atoms with Crippen LogP contribution in [0.3, 0.4) is 0 Å². The Labute approximate surface area is 187 Å². The van der Waals surface area contributed by atoms with Crippen LogP contribution in [-0.4, -0.2) is 20.2 Å². The Bertz CT molecular complexity index is 1280. The van der Waals surface area contributed by atoms with E-state index >= 15 is 0 Å². The molecule has 0 unspecified atom stereocenters. The Balaban J connectivity index is 1.72. The lowest BCUT2D eigenvalue weighted by molar-refractivity contribution is -0.114. The lowest BCUT2D eigenvalue weighted by atomic mass is 10.1. The Morgan fingerprint density at radius 2 is 1.34 bits per heavy atom. The van der Waals surface area contributed by atoms with Crippen molar-refractivity contribution in [3.05, 3.63) is 82.9 Å². The van der Waals surface area contributed by atoms with Gasteiger partial charge in [0.2, 0.25) is 5.91 Å². The highest BCUT2D eigenvalue weighted by Gasteiger charge is 2.15. The molecular weight excluding hydrogens is 426 g/mol. The van der Waals surface area contributed by atoms with Crippen LogP contribution < -0.4 is 15.4 Å². The second-order valence-electron chi connectivity index (χ2n) is 7.59. The van der Waals surface area contributed by atoms with E-state index in [4.69, 9.17) is 0 Å². The molecule has 0 atom stereocenters. The summed E-state index contributed by atoms with van der Waals surface area (Å²) in [5, 5.41) is 5.50. The lowest BCUT2D eigenvalue weighted by Crippen LogP contribution is -2.15. The van der Waals surface area contributed by atoms with Gasteiger partial charge < -0.3 is 10.6 Å². The number of benzene rings is 3. The smallest absolute Gasteiger partial charge is 0.261 e. The van der Waals surface area contributed by atoms with Gasteiger partial charge in [-0.15, -0.1) is 0 Å². The quantitative estimate of drug-likeness (QED) is 0.508. The van der Waals surface area contributed by atoms with Gasteiger partial charge in [0.25, 0.3) is 15.9 Å². The Hall–Kier alpha value is -3.65. The standard InChI is InChI=1S/C24H25N3O4S/c1-15-6-12-22(13-17(15)3)32(30,31)27-20-10-7-19(8-11-20)24(29)26-21-9-5-16(2)23(14-21)25-18(4)28/h5-14,27H,1-4H3,(H,25,28)(H,26,29). The monoisotopic (exact) mass is 451 g/mol. The molecule has 0 saturated heterocycles. The summed E-state index contributed by atoms with van der Waals surface area (Å²) in [6.07, 6.45) is 0. The van der Waals surface area contributed by atoms with Crippen LogP contribution in [0.25, 0.3) is 0 Å². The molecule has 0 aliphatic carbocycles. The molecule has 3 rings (SSSR count). The van der Waals surface area contributed by atoms with Gasteiger partial charge in [0.15, 0.2) is 0 Å². The van der Waals surface area contributed by atoms with Gasteiger partial charge in [0.05, 0.1) is 4.90 Å². The molecule has 0 radical (unpaired) electrons. The minimum absolute atomic E-state index is 0.178. The summed E-state index contributed by atoms with van der Waals surface area (Å²) in [7, 11) is -3.74. The molecule has 32 heavy (non-hydrogen) atoms. The number of anilines is 3. The summed E-state index contributed by atoms with van der Waals surface area (Å²) in [6, 6.07) is 16.3. The Morgan fingerprint density at radius 3 is 1.97 bits per heavy atom. The van der Waals surface area contributed by atoms with Crippen molar-refractivity contribution in [1.82, 2.24) is 0 Å². The van der Waals surface area contributed by atoms with E-state index in [0.29, 0.717) is 22.6 Å². The number of nitrogens with one attached hydrogen (secondary N) is 3. The Kier molecular flexibility index (Phi) is 6.64. The fraction of sp³-hybridized carbons (Fsp3) is 0.167. The predicted octanol–water partition coefficient (Wildman–Crippen LogP) is 4.62. The molecular formula is C24H25N3O4S. The van der Waals surface area contributed by atoms with E-state index in [-0.39, 0.29) is 16.7 Å². The fourth-order valence-electron chi connectivity index (χ4n) is 3.01. The van der Waals surface area contributed by atoms with Crippen LogP contribution in [0.1, 0.15) is 34.0 Å². The second kappa shape index (κ2) is 9.23. The summed E-state index contributed by atoms with van der Waals surface area (Å²) < 4.78 is 27.8. The third kappa shape index (κ3) is 5.53. The zero-order chi connectivity index (χ0) is 23.5. The molecule has 166 valence electrons. The van der Waals surface area contributed by atoms with E-state index in [1.807, 2.05) is 20.8 Å². The molecule has 3 aromatic carbocycles. The summed E-state index contributed by atoms with van der Waals surface area (Å²) in [6.45, 7) is 7.05.